The molecule has 1 aromatic carbocycles. The topological polar surface area (TPSA) is 98.2 Å². The molecule has 0 spiro atoms. The van der Waals surface area contributed by atoms with E-state index in [1.165, 1.54) is 18.2 Å². The van der Waals surface area contributed by atoms with E-state index in [1.54, 1.807) is 64.0 Å². The van der Waals surface area contributed by atoms with Crippen LogP contribution in [0.15, 0.2) is 42.7 Å². The van der Waals surface area contributed by atoms with Gasteiger partial charge < -0.3 is 10.0 Å². The Bertz CT molecular complexity index is 1240. The standard InChI is InChI=1S/C26H31F3N6O2/c1-6-23(37)35-24(2,3)12-18(13-25(35,4)5)34(26(27,28)29)22-10-9-20(32-33-22)19-8-7-16(11-21(19)36)17-14-30-31-15-17/h7-11,14-15,18,36H,6,12-13H2,1-5H3,(H,30,31). The van der Waals surface area contributed by atoms with E-state index in [0.717, 1.165) is 11.1 Å². The SMILES string of the molecule is CCC(=O)N1C(C)(C)CC(N(c2ccc(-c3ccc(-c4cn[nH]c4)cc3O)nn2)C(F)(F)F)CC1(C)C. The summed E-state index contributed by atoms with van der Waals surface area (Å²) in [5.74, 6) is -0.503. The first-order chi connectivity index (χ1) is 17.2. The lowest BCUT2D eigenvalue weighted by Crippen LogP contribution is -2.67. The lowest BCUT2D eigenvalue weighted by atomic mass is 9.76. The summed E-state index contributed by atoms with van der Waals surface area (Å²) in [5.41, 5.74) is 0.505. The number of likely N-dealkylation sites (tertiary alicyclic amines) is 1. The van der Waals surface area contributed by atoms with Crippen LogP contribution in [-0.2, 0) is 4.79 Å². The molecule has 11 heteroatoms. The number of piperidine rings is 1. The van der Waals surface area contributed by atoms with Crippen LogP contribution in [0.5, 0.6) is 5.75 Å². The van der Waals surface area contributed by atoms with Gasteiger partial charge in [0.25, 0.3) is 0 Å². The van der Waals surface area contributed by atoms with Gasteiger partial charge in [0.1, 0.15) is 5.75 Å². The highest BCUT2D eigenvalue weighted by Crippen LogP contribution is 2.44. The zero-order valence-electron chi connectivity index (χ0n) is 21.5. The average molecular weight is 517 g/mol. The summed E-state index contributed by atoms with van der Waals surface area (Å²) in [6.07, 6.45) is -0.912. The van der Waals surface area contributed by atoms with E-state index >= 15 is 0 Å². The van der Waals surface area contributed by atoms with Crippen molar-refractivity contribution in [2.24, 2.45) is 0 Å². The number of anilines is 1. The average Bonchev–Trinajstić information content (AvgIpc) is 3.32. The van der Waals surface area contributed by atoms with Crippen molar-refractivity contribution in [2.45, 2.75) is 77.3 Å². The molecule has 37 heavy (non-hydrogen) atoms. The summed E-state index contributed by atoms with van der Waals surface area (Å²) >= 11 is 0. The number of aromatic nitrogens is 4. The second-order valence-electron chi connectivity index (χ2n) is 10.6. The highest BCUT2D eigenvalue weighted by atomic mass is 19.4. The number of carbonyl (C=O) groups is 1. The summed E-state index contributed by atoms with van der Waals surface area (Å²) in [4.78, 5) is 14.7. The van der Waals surface area contributed by atoms with E-state index in [9.17, 15) is 23.1 Å². The largest absolute Gasteiger partial charge is 0.507 e. The van der Waals surface area contributed by atoms with Crippen LogP contribution in [-0.4, -0.2) is 59.7 Å². The van der Waals surface area contributed by atoms with Gasteiger partial charge in [-0.2, -0.15) is 18.3 Å². The van der Waals surface area contributed by atoms with Crippen LogP contribution < -0.4 is 4.90 Å². The molecule has 0 aliphatic carbocycles. The molecule has 0 bridgehead atoms. The molecule has 2 aromatic heterocycles. The first kappa shape index (κ1) is 26.4. The second-order valence-corrected chi connectivity index (χ2v) is 10.6. The van der Waals surface area contributed by atoms with Gasteiger partial charge in [0.05, 0.1) is 11.9 Å². The van der Waals surface area contributed by atoms with Crippen LogP contribution in [0.4, 0.5) is 19.0 Å². The Morgan fingerprint density at radius 2 is 1.78 bits per heavy atom. The lowest BCUT2D eigenvalue weighted by molar-refractivity contribution is -0.158. The van der Waals surface area contributed by atoms with Crippen LogP contribution in [0, 0.1) is 0 Å². The van der Waals surface area contributed by atoms with Crippen molar-refractivity contribution in [3.63, 3.8) is 0 Å². The predicted molar refractivity (Wildman–Crippen MR) is 134 cm³/mol. The number of benzene rings is 1. The zero-order chi connectivity index (χ0) is 27.2. The molecule has 1 aliphatic rings. The minimum absolute atomic E-state index is 0.0788. The van der Waals surface area contributed by atoms with E-state index in [1.807, 2.05) is 0 Å². The summed E-state index contributed by atoms with van der Waals surface area (Å²) in [5, 5.41) is 25.1. The third-order valence-electron chi connectivity index (χ3n) is 6.87. The quantitative estimate of drug-likeness (QED) is 0.433. The Kier molecular flexibility index (Phi) is 6.68. The van der Waals surface area contributed by atoms with Crippen LogP contribution in [0.1, 0.15) is 53.9 Å². The van der Waals surface area contributed by atoms with Crippen LogP contribution in [0.25, 0.3) is 22.4 Å². The number of alkyl halides is 3. The number of nitrogens with one attached hydrogen (secondary N) is 1. The molecule has 4 rings (SSSR count). The summed E-state index contributed by atoms with van der Waals surface area (Å²) in [7, 11) is 0. The molecule has 1 amide bonds. The van der Waals surface area contributed by atoms with Crippen molar-refractivity contribution in [3.05, 3.63) is 42.7 Å². The van der Waals surface area contributed by atoms with Crippen LogP contribution in [0.2, 0.25) is 0 Å². The number of phenolic OH excluding ortho intramolecular Hbond substituents is 1. The molecule has 3 aromatic rings. The molecule has 3 heterocycles. The van der Waals surface area contributed by atoms with Gasteiger partial charge in [0.2, 0.25) is 5.91 Å². The second kappa shape index (κ2) is 9.35. The Balaban J connectivity index is 1.65. The molecular weight excluding hydrogens is 485 g/mol. The van der Waals surface area contributed by atoms with Crippen LogP contribution in [0.3, 0.4) is 0 Å². The van der Waals surface area contributed by atoms with Crippen molar-refractivity contribution in [3.8, 4) is 28.1 Å². The number of carbonyl (C=O) groups excluding carboxylic acids is 1. The monoisotopic (exact) mass is 516 g/mol. The number of nitrogens with zero attached hydrogens (tertiary/aromatic N) is 5. The first-order valence-corrected chi connectivity index (χ1v) is 12.1. The Morgan fingerprint density at radius 3 is 2.27 bits per heavy atom. The van der Waals surface area contributed by atoms with Crippen LogP contribution >= 0.6 is 0 Å². The molecule has 0 atom stereocenters. The molecule has 0 radical (unpaired) electrons. The van der Waals surface area contributed by atoms with Gasteiger partial charge in [-0.3, -0.25) is 14.8 Å². The number of aromatic amines is 1. The van der Waals surface area contributed by atoms with Gasteiger partial charge >= 0.3 is 6.30 Å². The van der Waals surface area contributed by atoms with E-state index in [4.69, 9.17) is 0 Å². The van der Waals surface area contributed by atoms with Crippen molar-refractivity contribution in [1.82, 2.24) is 25.3 Å². The van der Waals surface area contributed by atoms with Gasteiger partial charge in [0, 0.05) is 40.9 Å². The summed E-state index contributed by atoms with van der Waals surface area (Å²) in [6, 6.07) is 6.66. The van der Waals surface area contributed by atoms with E-state index < -0.39 is 23.4 Å². The highest BCUT2D eigenvalue weighted by Gasteiger charge is 2.53. The maximum atomic E-state index is 14.4. The maximum Gasteiger partial charge on any atom is 0.486 e. The fraction of sp³-hybridized carbons (Fsp3) is 0.462. The first-order valence-electron chi connectivity index (χ1n) is 12.1. The van der Waals surface area contributed by atoms with E-state index in [2.05, 4.69) is 20.4 Å². The van der Waals surface area contributed by atoms with Gasteiger partial charge in [-0.25, -0.2) is 0 Å². The molecule has 1 fully saturated rings. The number of amides is 1. The van der Waals surface area contributed by atoms with E-state index in [0.29, 0.717) is 10.5 Å². The zero-order valence-corrected chi connectivity index (χ0v) is 21.5. The third kappa shape index (κ3) is 5.12. The molecular formula is C26H31F3N6O2. The van der Waals surface area contributed by atoms with E-state index in [-0.39, 0.29) is 42.4 Å². The molecule has 2 N–H and O–H groups in total. The summed E-state index contributed by atoms with van der Waals surface area (Å²) < 4.78 is 43.2. The number of aromatic hydroxyl groups is 1. The summed E-state index contributed by atoms with van der Waals surface area (Å²) in [6.45, 7) is 8.95. The third-order valence-corrected chi connectivity index (χ3v) is 6.87. The lowest BCUT2D eigenvalue weighted by Gasteiger charge is -2.57. The maximum absolute atomic E-state index is 14.4. The Hall–Kier alpha value is -3.63. The number of H-pyrrole nitrogens is 1. The van der Waals surface area contributed by atoms with Crippen molar-refractivity contribution >= 4 is 11.7 Å². The van der Waals surface area contributed by atoms with Crippen molar-refractivity contribution in [1.29, 1.82) is 0 Å². The molecule has 0 unspecified atom stereocenters. The number of halogens is 3. The molecule has 0 saturated carbocycles. The number of rotatable bonds is 5. The normalized spacial score (nSPS) is 17.6. The fourth-order valence-electron chi connectivity index (χ4n) is 5.70. The number of hydrogen-bond acceptors (Lipinski definition) is 6. The fourth-order valence-corrected chi connectivity index (χ4v) is 5.70. The van der Waals surface area contributed by atoms with Crippen molar-refractivity contribution < 1.29 is 23.1 Å². The number of hydrogen-bond donors (Lipinski definition) is 2. The minimum atomic E-state index is -4.71. The van der Waals surface area contributed by atoms with Gasteiger partial charge in [-0.15, -0.1) is 10.2 Å². The molecule has 1 saturated heterocycles. The number of phenols is 1. The minimum Gasteiger partial charge on any atom is -0.507 e. The highest BCUT2D eigenvalue weighted by molar-refractivity contribution is 5.78. The Morgan fingerprint density at radius 1 is 1.11 bits per heavy atom. The smallest absolute Gasteiger partial charge is 0.486 e. The molecule has 198 valence electrons. The predicted octanol–water partition coefficient (Wildman–Crippen LogP) is 5.52. The Labute approximate surface area is 213 Å². The molecule has 1 aliphatic heterocycles. The molecule has 8 nitrogen and oxygen atoms in total. The van der Waals surface area contributed by atoms with Crippen molar-refractivity contribution in [2.75, 3.05) is 4.90 Å². The van der Waals surface area contributed by atoms with Gasteiger partial charge in [-0.05, 0) is 70.4 Å². The van der Waals surface area contributed by atoms with Gasteiger partial charge in [-0.1, -0.05) is 13.0 Å². The van der Waals surface area contributed by atoms with Gasteiger partial charge in [0.15, 0.2) is 5.82 Å².